The summed E-state index contributed by atoms with van der Waals surface area (Å²) in [6.45, 7) is 0.930. The van der Waals surface area contributed by atoms with Gasteiger partial charge in [-0.05, 0) is 49.4 Å². The zero-order chi connectivity index (χ0) is 13.7. The van der Waals surface area contributed by atoms with Crippen LogP contribution in [0, 0.1) is 0 Å². The van der Waals surface area contributed by atoms with Crippen LogP contribution in [0.4, 0.5) is 0 Å². The van der Waals surface area contributed by atoms with Crippen LogP contribution in [-0.4, -0.2) is 47.1 Å². The number of carboxylic acids is 1. The summed E-state index contributed by atoms with van der Waals surface area (Å²) in [5, 5.41) is 9.16. The van der Waals surface area contributed by atoms with Crippen molar-refractivity contribution in [3.05, 3.63) is 35.4 Å². The third-order valence-electron chi connectivity index (χ3n) is 3.80. The summed E-state index contributed by atoms with van der Waals surface area (Å²) in [4.78, 5) is 13.5. The van der Waals surface area contributed by atoms with E-state index in [0.29, 0.717) is 11.6 Å². The predicted octanol–water partition coefficient (Wildman–Crippen LogP) is 2.75. The van der Waals surface area contributed by atoms with E-state index >= 15 is 0 Å². The third kappa shape index (κ3) is 3.98. The van der Waals surface area contributed by atoms with E-state index in [4.69, 9.17) is 5.11 Å². The molecule has 0 atom stereocenters. The van der Waals surface area contributed by atoms with Gasteiger partial charge in [0.1, 0.15) is 0 Å². The Morgan fingerprint density at radius 1 is 1.37 bits per heavy atom. The minimum absolute atomic E-state index is 0.440. The molecule has 3 nitrogen and oxygen atoms in total. The van der Waals surface area contributed by atoms with Gasteiger partial charge in [0, 0.05) is 12.6 Å². The van der Waals surface area contributed by atoms with E-state index in [1.807, 2.05) is 23.9 Å². The van der Waals surface area contributed by atoms with Crippen molar-refractivity contribution < 1.29 is 9.90 Å². The summed E-state index contributed by atoms with van der Waals surface area (Å²) in [7, 11) is 2.16. The minimum atomic E-state index is -0.827. The van der Waals surface area contributed by atoms with Crippen LogP contribution in [0.3, 0.4) is 0 Å². The summed E-state index contributed by atoms with van der Waals surface area (Å²) in [5.41, 5.74) is 1.38. The summed E-state index contributed by atoms with van der Waals surface area (Å²) >= 11 is 2.03. The lowest BCUT2D eigenvalue weighted by Crippen LogP contribution is -2.36. The topological polar surface area (TPSA) is 40.5 Å². The molecule has 104 valence electrons. The number of rotatable bonds is 5. The standard InChI is InChI=1S/C15H21NO2S/c1-16(13-7-10-19-11-8-13)9-6-12-4-2-3-5-14(12)15(17)18/h2-5,13H,6-11H2,1H3,(H,17,18). The SMILES string of the molecule is CN(CCc1ccccc1C(=O)O)C1CCSCC1. The summed E-state index contributed by atoms with van der Waals surface area (Å²) in [6, 6.07) is 7.98. The molecule has 1 aliphatic heterocycles. The number of nitrogens with zero attached hydrogens (tertiary/aromatic N) is 1. The monoisotopic (exact) mass is 279 g/mol. The van der Waals surface area contributed by atoms with E-state index in [1.54, 1.807) is 12.1 Å². The van der Waals surface area contributed by atoms with Gasteiger partial charge in [-0.25, -0.2) is 4.79 Å². The Morgan fingerprint density at radius 3 is 2.74 bits per heavy atom. The summed E-state index contributed by atoms with van der Waals surface area (Å²) in [6.07, 6.45) is 3.31. The number of aromatic carboxylic acids is 1. The Morgan fingerprint density at radius 2 is 2.05 bits per heavy atom. The highest BCUT2D eigenvalue weighted by molar-refractivity contribution is 7.99. The average Bonchev–Trinajstić information content (AvgIpc) is 2.46. The van der Waals surface area contributed by atoms with Gasteiger partial charge >= 0.3 is 5.97 Å². The maximum Gasteiger partial charge on any atom is 0.335 e. The molecular weight excluding hydrogens is 258 g/mol. The first-order valence-corrected chi connectivity index (χ1v) is 7.93. The van der Waals surface area contributed by atoms with Crippen LogP contribution in [0.5, 0.6) is 0 Å². The number of carbonyl (C=O) groups is 1. The highest BCUT2D eigenvalue weighted by atomic mass is 32.2. The van der Waals surface area contributed by atoms with Gasteiger partial charge in [0.2, 0.25) is 0 Å². The van der Waals surface area contributed by atoms with Crippen molar-refractivity contribution in [2.24, 2.45) is 0 Å². The molecule has 0 unspecified atom stereocenters. The second-order valence-corrected chi connectivity index (χ2v) is 6.26. The van der Waals surface area contributed by atoms with Crippen LogP contribution in [0.2, 0.25) is 0 Å². The number of likely N-dealkylation sites (N-methyl/N-ethyl adjacent to an activating group) is 1. The zero-order valence-electron chi connectivity index (χ0n) is 11.3. The first kappa shape index (κ1) is 14.4. The van der Waals surface area contributed by atoms with Crippen molar-refractivity contribution in [2.45, 2.75) is 25.3 Å². The Kier molecular flexibility index (Phi) is 5.28. The van der Waals surface area contributed by atoms with Crippen molar-refractivity contribution in [1.82, 2.24) is 4.90 Å². The number of carboxylic acid groups (broad SMARTS) is 1. The van der Waals surface area contributed by atoms with E-state index in [1.165, 1.54) is 24.3 Å². The maximum atomic E-state index is 11.2. The van der Waals surface area contributed by atoms with Gasteiger partial charge in [0.25, 0.3) is 0 Å². The van der Waals surface area contributed by atoms with Crippen molar-refractivity contribution in [3.63, 3.8) is 0 Å². The zero-order valence-corrected chi connectivity index (χ0v) is 12.2. The smallest absolute Gasteiger partial charge is 0.335 e. The molecule has 0 aromatic heterocycles. The third-order valence-corrected chi connectivity index (χ3v) is 4.84. The van der Waals surface area contributed by atoms with Gasteiger partial charge in [-0.3, -0.25) is 0 Å². The Balaban J connectivity index is 1.92. The van der Waals surface area contributed by atoms with Gasteiger partial charge in [-0.1, -0.05) is 18.2 Å². The van der Waals surface area contributed by atoms with E-state index in [2.05, 4.69) is 11.9 Å². The minimum Gasteiger partial charge on any atom is -0.478 e. The second kappa shape index (κ2) is 6.96. The molecule has 0 bridgehead atoms. The molecule has 0 spiro atoms. The number of hydrogen-bond acceptors (Lipinski definition) is 3. The van der Waals surface area contributed by atoms with Crippen LogP contribution in [-0.2, 0) is 6.42 Å². The molecule has 1 N–H and O–H groups in total. The Hall–Kier alpha value is -1.00. The summed E-state index contributed by atoms with van der Waals surface area (Å²) < 4.78 is 0. The highest BCUT2D eigenvalue weighted by Crippen LogP contribution is 2.21. The van der Waals surface area contributed by atoms with Gasteiger partial charge in [0.05, 0.1) is 5.56 Å². The van der Waals surface area contributed by atoms with Crippen LogP contribution in [0.25, 0.3) is 0 Å². The molecule has 2 rings (SSSR count). The number of benzene rings is 1. The molecule has 1 heterocycles. The quantitative estimate of drug-likeness (QED) is 0.900. The molecule has 0 radical (unpaired) electrons. The molecule has 0 aliphatic carbocycles. The van der Waals surface area contributed by atoms with E-state index < -0.39 is 5.97 Å². The lowest BCUT2D eigenvalue weighted by molar-refractivity contribution is 0.0695. The molecule has 0 saturated carbocycles. The van der Waals surface area contributed by atoms with E-state index in [-0.39, 0.29) is 0 Å². The van der Waals surface area contributed by atoms with E-state index in [9.17, 15) is 4.79 Å². The van der Waals surface area contributed by atoms with Crippen molar-refractivity contribution in [1.29, 1.82) is 0 Å². The lowest BCUT2D eigenvalue weighted by atomic mass is 10.0. The predicted molar refractivity (Wildman–Crippen MR) is 80.1 cm³/mol. The Bertz CT molecular complexity index is 430. The van der Waals surface area contributed by atoms with Gasteiger partial charge < -0.3 is 10.0 Å². The molecule has 1 fully saturated rings. The van der Waals surface area contributed by atoms with Crippen molar-refractivity contribution in [3.8, 4) is 0 Å². The van der Waals surface area contributed by atoms with Crippen molar-refractivity contribution in [2.75, 3.05) is 25.1 Å². The molecular formula is C15H21NO2S. The van der Waals surface area contributed by atoms with Gasteiger partial charge in [-0.2, -0.15) is 11.8 Å². The second-order valence-electron chi connectivity index (χ2n) is 5.04. The van der Waals surface area contributed by atoms with Crippen LogP contribution in [0.1, 0.15) is 28.8 Å². The first-order chi connectivity index (χ1) is 9.18. The Labute approximate surface area is 119 Å². The van der Waals surface area contributed by atoms with E-state index in [0.717, 1.165) is 18.5 Å². The molecule has 1 aromatic carbocycles. The fourth-order valence-corrected chi connectivity index (χ4v) is 3.63. The molecule has 4 heteroatoms. The molecule has 1 aromatic rings. The molecule has 0 amide bonds. The molecule has 1 aliphatic rings. The van der Waals surface area contributed by atoms with Crippen LogP contribution >= 0.6 is 11.8 Å². The fraction of sp³-hybridized carbons (Fsp3) is 0.533. The van der Waals surface area contributed by atoms with Crippen LogP contribution in [0.15, 0.2) is 24.3 Å². The fourth-order valence-electron chi connectivity index (χ4n) is 2.55. The van der Waals surface area contributed by atoms with Gasteiger partial charge in [0.15, 0.2) is 0 Å². The average molecular weight is 279 g/mol. The maximum absolute atomic E-state index is 11.2. The number of thioether (sulfide) groups is 1. The first-order valence-electron chi connectivity index (χ1n) is 6.77. The van der Waals surface area contributed by atoms with Crippen LogP contribution < -0.4 is 0 Å². The summed E-state index contributed by atoms with van der Waals surface area (Å²) in [5.74, 6) is 1.67. The highest BCUT2D eigenvalue weighted by Gasteiger charge is 2.18. The van der Waals surface area contributed by atoms with Crippen molar-refractivity contribution >= 4 is 17.7 Å². The van der Waals surface area contributed by atoms with Gasteiger partial charge in [-0.15, -0.1) is 0 Å². The normalized spacial score (nSPS) is 16.7. The lowest BCUT2D eigenvalue weighted by Gasteiger charge is -2.31. The largest absolute Gasteiger partial charge is 0.478 e. The molecule has 1 saturated heterocycles. The molecule has 19 heavy (non-hydrogen) atoms. The number of hydrogen-bond donors (Lipinski definition) is 1.